The standard InChI is InChI=1S/C20H27N3O2/c1-16-19(15-21-23(16)18-9-5-6-10-18)20(25)22(13-14-24)12-11-17-7-3-2-4-8-17/h2-4,7-8,15,18,24H,5-6,9-14H2,1H3. The van der Waals surface area contributed by atoms with Crippen LogP contribution in [0.2, 0.25) is 0 Å². The number of carbonyl (C=O) groups is 1. The molecule has 1 aromatic heterocycles. The van der Waals surface area contributed by atoms with Gasteiger partial charge in [0.05, 0.1) is 24.4 Å². The topological polar surface area (TPSA) is 58.4 Å². The fourth-order valence-corrected chi connectivity index (χ4v) is 3.66. The average Bonchev–Trinajstić information content (AvgIpc) is 3.28. The van der Waals surface area contributed by atoms with Crippen LogP contribution in [0.4, 0.5) is 0 Å². The van der Waals surface area contributed by atoms with E-state index >= 15 is 0 Å². The second-order valence-corrected chi connectivity index (χ2v) is 6.78. The van der Waals surface area contributed by atoms with Gasteiger partial charge in [-0.3, -0.25) is 9.48 Å². The maximum Gasteiger partial charge on any atom is 0.257 e. The van der Waals surface area contributed by atoms with Crippen molar-refractivity contribution in [1.29, 1.82) is 0 Å². The van der Waals surface area contributed by atoms with E-state index in [-0.39, 0.29) is 12.5 Å². The van der Waals surface area contributed by atoms with Crippen LogP contribution < -0.4 is 0 Å². The van der Waals surface area contributed by atoms with Crippen molar-refractivity contribution in [2.45, 2.75) is 45.1 Å². The Kier molecular flexibility index (Phi) is 5.87. The number of rotatable bonds is 7. The third-order valence-corrected chi connectivity index (χ3v) is 5.12. The quantitative estimate of drug-likeness (QED) is 0.842. The fraction of sp³-hybridized carbons (Fsp3) is 0.500. The highest BCUT2D eigenvalue weighted by Gasteiger charge is 2.24. The minimum atomic E-state index is -0.0354. The molecule has 0 saturated heterocycles. The first kappa shape index (κ1) is 17.7. The summed E-state index contributed by atoms with van der Waals surface area (Å²) in [6.07, 6.45) is 7.24. The molecule has 1 aliphatic carbocycles. The number of hydrogen-bond acceptors (Lipinski definition) is 3. The molecule has 1 fully saturated rings. The number of aromatic nitrogens is 2. The summed E-state index contributed by atoms with van der Waals surface area (Å²) in [7, 11) is 0. The van der Waals surface area contributed by atoms with Gasteiger partial charge in [-0.1, -0.05) is 43.2 Å². The smallest absolute Gasteiger partial charge is 0.257 e. The van der Waals surface area contributed by atoms with Gasteiger partial charge in [-0.15, -0.1) is 0 Å². The second-order valence-electron chi connectivity index (χ2n) is 6.78. The summed E-state index contributed by atoms with van der Waals surface area (Å²) in [6.45, 7) is 2.89. The first-order valence-electron chi connectivity index (χ1n) is 9.19. The second kappa shape index (κ2) is 8.30. The molecule has 0 radical (unpaired) electrons. The van der Waals surface area contributed by atoms with Crippen LogP contribution in [0, 0.1) is 6.92 Å². The molecular weight excluding hydrogens is 314 g/mol. The van der Waals surface area contributed by atoms with E-state index in [4.69, 9.17) is 0 Å². The van der Waals surface area contributed by atoms with Gasteiger partial charge < -0.3 is 10.0 Å². The Morgan fingerprint density at radius 3 is 2.64 bits per heavy atom. The number of benzene rings is 1. The highest BCUT2D eigenvalue weighted by atomic mass is 16.3. The Labute approximate surface area is 149 Å². The van der Waals surface area contributed by atoms with Gasteiger partial charge in [0.25, 0.3) is 5.91 Å². The van der Waals surface area contributed by atoms with E-state index in [1.165, 1.54) is 18.4 Å². The highest BCUT2D eigenvalue weighted by molar-refractivity contribution is 5.95. The largest absolute Gasteiger partial charge is 0.395 e. The summed E-state index contributed by atoms with van der Waals surface area (Å²) in [6, 6.07) is 10.5. The lowest BCUT2D eigenvalue weighted by Gasteiger charge is -2.22. The maximum atomic E-state index is 13.0. The van der Waals surface area contributed by atoms with E-state index < -0.39 is 0 Å². The molecule has 3 rings (SSSR count). The molecule has 0 bridgehead atoms. The Morgan fingerprint density at radius 2 is 1.96 bits per heavy atom. The number of amides is 1. The highest BCUT2D eigenvalue weighted by Crippen LogP contribution is 2.30. The van der Waals surface area contributed by atoms with Gasteiger partial charge in [0.2, 0.25) is 0 Å². The molecule has 1 amide bonds. The Bertz CT molecular complexity index is 690. The van der Waals surface area contributed by atoms with E-state index in [0.29, 0.717) is 24.7 Å². The van der Waals surface area contributed by atoms with E-state index in [0.717, 1.165) is 25.0 Å². The Balaban J connectivity index is 1.71. The van der Waals surface area contributed by atoms with Gasteiger partial charge in [-0.05, 0) is 31.7 Å². The average molecular weight is 341 g/mol. The van der Waals surface area contributed by atoms with Gasteiger partial charge in [-0.2, -0.15) is 5.10 Å². The number of aliphatic hydroxyl groups excluding tert-OH is 1. The van der Waals surface area contributed by atoms with Crippen molar-refractivity contribution in [1.82, 2.24) is 14.7 Å². The van der Waals surface area contributed by atoms with Gasteiger partial charge in [0.1, 0.15) is 0 Å². The maximum absolute atomic E-state index is 13.0. The molecular formula is C20H27N3O2. The molecule has 1 heterocycles. The molecule has 0 atom stereocenters. The molecule has 1 aromatic carbocycles. The molecule has 0 spiro atoms. The van der Waals surface area contributed by atoms with Crippen LogP contribution in [-0.4, -0.2) is 45.4 Å². The molecule has 5 nitrogen and oxygen atoms in total. The summed E-state index contributed by atoms with van der Waals surface area (Å²) < 4.78 is 2.02. The van der Waals surface area contributed by atoms with Crippen molar-refractivity contribution in [3.8, 4) is 0 Å². The number of hydrogen-bond donors (Lipinski definition) is 1. The molecule has 134 valence electrons. The zero-order valence-corrected chi connectivity index (χ0v) is 14.9. The summed E-state index contributed by atoms with van der Waals surface area (Å²) in [5, 5.41) is 13.8. The zero-order chi connectivity index (χ0) is 17.6. The predicted octanol–water partition coefficient (Wildman–Crippen LogP) is 2.98. The normalized spacial score (nSPS) is 14.8. The van der Waals surface area contributed by atoms with Crippen molar-refractivity contribution >= 4 is 5.91 Å². The van der Waals surface area contributed by atoms with E-state index in [2.05, 4.69) is 17.2 Å². The zero-order valence-electron chi connectivity index (χ0n) is 14.9. The van der Waals surface area contributed by atoms with Crippen molar-refractivity contribution in [3.05, 3.63) is 53.3 Å². The van der Waals surface area contributed by atoms with Gasteiger partial charge >= 0.3 is 0 Å². The van der Waals surface area contributed by atoms with Crippen LogP contribution in [0.3, 0.4) is 0 Å². The Morgan fingerprint density at radius 1 is 1.24 bits per heavy atom. The molecule has 1 aliphatic rings. The summed E-state index contributed by atoms with van der Waals surface area (Å²) in [5.74, 6) is -0.0354. The van der Waals surface area contributed by atoms with E-state index in [9.17, 15) is 9.90 Å². The lowest BCUT2D eigenvalue weighted by atomic mass is 10.1. The minimum absolute atomic E-state index is 0.0314. The van der Waals surface area contributed by atoms with Crippen LogP contribution in [0.5, 0.6) is 0 Å². The van der Waals surface area contributed by atoms with Crippen molar-refractivity contribution in [2.75, 3.05) is 19.7 Å². The van der Waals surface area contributed by atoms with E-state index in [1.54, 1.807) is 11.1 Å². The van der Waals surface area contributed by atoms with Crippen LogP contribution in [0.1, 0.15) is 53.3 Å². The third kappa shape index (κ3) is 4.10. The van der Waals surface area contributed by atoms with Crippen LogP contribution >= 0.6 is 0 Å². The Hall–Kier alpha value is -2.14. The van der Waals surface area contributed by atoms with Gasteiger partial charge in [-0.25, -0.2) is 0 Å². The van der Waals surface area contributed by atoms with Crippen LogP contribution in [-0.2, 0) is 6.42 Å². The lowest BCUT2D eigenvalue weighted by molar-refractivity contribution is 0.0723. The minimum Gasteiger partial charge on any atom is -0.395 e. The molecule has 25 heavy (non-hydrogen) atoms. The number of nitrogens with zero attached hydrogens (tertiary/aromatic N) is 3. The van der Waals surface area contributed by atoms with Gasteiger partial charge in [0, 0.05) is 18.8 Å². The molecule has 1 N–H and O–H groups in total. The summed E-state index contributed by atoms with van der Waals surface area (Å²) >= 11 is 0. The molecule has 0 unspecified atom stereocenters. The van der Waals surface area contributed by atoms with Crippen molar-refractivity contribution in [2.24, 2.45) is 0 Å². The van der Waals surface area contributed by atoms with Crippen LogP contribution in [0.15, 0.2) is 36.5 Å². The lowest BCUT2D eigenvalue weighted by Crippen LogP contribution is -2.35. The number of aliphatic hydroxyl groups is 1. The molecule has 2 aromatic rings. The fourth-order valence-electron chi connectivity index (χ4n) is 3.66. The first-order chi connectivity index (χ1) is 12.2. The van der Waals surface area contributed by atoms with Crippen molar-refractivity contribution in [3.63, 3.8) is 0 Å². The summed E-state index contributed by atoms with van der Waals surface area (Å²) in [4.78, 5) is 14.7. The van der Waals surface area contributed by atoms with Crippen molar-refractivity contribution < 1.29 is 9.90 Å². The van der Waals surface area contributed by atoms with Crippen LogP contribution in [0.25, 0.3) is 0 Å². The monoisotopic (exact) mass is 341 g/mol. The van der Waals surface area contributed by atoms with E-state index in [1.807, 2.05) is 29.8 Å². The third-order valence-electron chi connectivity index (χ3n) is 5.12. The summed E-state index contributed by atoms with van der Waals surface area (Å²) in [5.41, 5.74) is 2.80. The van der Waals surface area contributed by atoms with Gasteiger partial charge in [0.15, 0.2) is 0 Å². The first-order valence-corrected chi connectivity index (χ1v) is 9.19. The molecule has 1 saturated carbocycles. The molecule has 0 aliphatic heterocycles. The predicted molar refractivity (Wildman–Crippen MR) is 97.6 cm³/mol. The molecule has 5 heteroatoms. The SMILES string of the molecule is Cc1c(C(=O)N(CCO)CCc2ccccc2)cnn1C1CCCC1. The number of carbonyl (C=O) groups excluding carboxylic acids is 1.